The lowest BCUT2D eigenvalue weighted by Crippen LogP contribution is -2.32. The Kier molecular flexibility index (Phi) is 5.30. The first kappa shape index (κ1) is 14.7. The summed E-state index contributed by atoms with van der Waals surface area (Å²) in [6, 6.07) is 6.20. The first-order chi connectivity index (χ1) is 8.46. The number of sulfone groups is 1. The van der Waals surface area contributed by atoms with E-state index < -0.39 is 9.84 Å². The van der Waals surface area contributed by atoms with Crippen molar-refractivity contribution < 1.29 is 13.2 Å². The van der Waals surface area contributed by atoms with E-state index in [2.05, 4.69) is 10.6 Å². The first-order valence-electron chi connectivity index (χ1n) is 5.74. The molecule has 1 amide bonds. The predicted molar refractivity (Wildman–Crippen MR) is 70.4 cm³/mol. The van der Waals surface area contributed by atoms with Crippen LogP contribution < -0.4 is 10.6 Å². The van der Waals surface area contributed by atoms with Crippen LogP contribution in [-0.2, 0) is 9.84 Å². The van der Waals surface area contributed by atoms with Crippen LogP contribution in [0.2, 0.25) is 0 Å². The molecule has 0 aliphatic carbocycles. The van der Waals surface area contributed by atoms with Crippen LogP contribution >= 0.6 is 0 Å². The van der Waals surface area contributed by atoms with Crippen molar-refractivity contribution in [3.63, 3.8) is 0 Å². The molecule has 0 aliphatic heterocycles. The summed E-state index contributed by atoms with van der Waals surface area (Å²) in [5.74, 6) is -0.367. The van der Waals surface area contributed by atoms with Gasteiger partial charge in [0.25, 0.3) is 5.91 Å². The number of carbonyl (C=O) groups excluding carboxylic acids is 1. The second-order valence-corrected chi connectivity index (χ2v) is 5.86. The maximum Gasteiger partial charge on any atom is 0.252 e. The van der Waals surface area contributed by atoms with Gasteiger partial charge in [0.1, 0.15) is 0 Å². The van der Waals surface area contributed by atoms with Crippen LogP contribution in [0.25, 0.3) is 0 Å². The molecule has 1 rings (SSSR count). The predicted octanol–water partition coefficient (Wildman–Crippen LogP) is 0.429. The quantitative estimate of drug-likeness (QED) is 0.735. The van der Waals surface area contributed by atoms with E-state index in [1.54, 1.807) is 12.1 Å². The van der Waals surface area contributed by atoms with Gasteiger partial charge < -0.3 is 10.6 Å². The molecule has 0 heterocycles. The van der Waals surface area contributed by atoms with Gasteiger partial charge in [-0.3, -0.25) is 4.79 Å². The lowest BCUT2D eigenvalue weighted by atomic mass is 10.2. The normalized spacial score (nSPS) is 11.2. The van der Waals surface area contributed by atoms with Crippen LogP contribution in [0, 0.1) is 0 Å². The topological polar surface area (TPSA) is 75.3 Å². The summed E-state index contributed by atoms with van der Waals surface area (Å²) >= 11 is 0. The minimum atomic E-state index is -3.39. The third-order valence-corrected chi connectivity index (χ3v) is 3.52. The van der Waals surface area contributed by atoms with Gasteiger partial charge in [-0.1, -0.05) is 19.1 Å². The summed E-state index contributed by atoms with van der Waals surface area (Å²) in [6.45, 7) is 3.92. The van der Waals surface area contributed by atoms with E-state index in [1.165, 1.54) is 12.1 Å². The van der Waals surface area contributed by atoms with E-state index in [9.17, 15) is 13.2 Å². The fraction of sp³-hybridized carbons (Fsp3) is 0.417. The summed E-state index contributed by atoms with van der Waals surface area (Å²) in [4.78, 5) is 11.9. The molecule has 5 nitrogen and oxygen atoms in total. The van der Waals surface area contributed by atoms with Crippen LogP contribution in [0.1, 0.15) is 17.3 Å². The van der Waals surface area contributed by atoms with Gasteiger partial charge in [0, 0.05) is 19.3 Å². The number of likely N-dealkylation sites (N-methyl/N-ethyl adjacent to an activating group) is 1. The molecule has 0 saturated heterocycles. The third-order valence-electron chi connectivity index (χ3n) is 2.37. The van der Waals surface area contributed by atoms with Gasteiger partial charge in [0.15, 0.2) is 9.84 Å². The summed E-state index contributed by atoms with van der Waals surface area (Å²) in [5, 5.41) is 5.75. The molecule has 18 heavy (non-hydrogen) atoms. The second kappa shape index (κ2) is 6.51. The van der Waals surface area contributed by atoms with Crippen LogP contribution in [-0.4, -0.2) is 40.2 Å². The van der Waals surface area contributed by atoms with Crippen molar-refractivity contribution in [1.29, 1.82) is 0 Å². The minimum absolute atomic E-state index is 0.0611. The number of carbonyl (C=O) groups is 1. The van der Waals surface area contributed by atoms with Gasteiger partial charge in [-0.25, -0.2) is 8.42 Å². The zero-order valence-electron chi connectivity index (χ0n) is 10.6. The van der Waals surface area contributed by atoms with Gasteiger partial charge in [-0.05, 0) is 18.7 Å². The van der Waals surface area contributed by atoms with Gasteiger partial charge in [0.05, 0.1) is 10.5 Å². The number of hydrogen-bond donors (Lipinski definition) is 2. The lowest BCUT2D eigenvalue weighted by Gasteiger charge is -2.08. The van der Waals surface area contributed by atoms with Crippen molar-refractivity contribution in [2.75, 3.05) is 25.9 Å². The maximum atomic E-state index is 11.9. The van der Waals surface area contributed by atoms with E-state index in [0.29, 0.717) is 13.1 Å². The highest BCUT2D eigenvalue weighted by atomic mass is 32.2. The SMILES string of the molecule is CCNCCNC(=O)c1ccccc1S(C)(=O)=O. The number of nitrogens with one attached hydrogen (secondary N) is 2. The van der Waals surface area contributed by atoms with E-state index in [-0.39, 0.29) is 16.4 Å². The molecular formula is C12H18N2O3S. The molecule has 1 aromatic carbocycles. The Bertz CT molecular complexity index is 512. The Balaban J connectivity index is 2.80. The monoisotopic (exact) mass is 270 g/mol. The van der Waals surface area contributed by atoms with Crippen LogP contribution in [0.3, 0.4) is 0 Å². The van der Waals surface area contributed by atoms with Crippen molar-refractivity contribution >= 4 is 15.7 Å². The van der Waals surface area contributed by atoms with E-state index in [4.69, 9.17) is 0 Å². The average molecular weight is 270 g/mol. The Morgan fingerprint density at radius 3 is 2.50 bits per heavy atom. The summed E-state index contributed by atoms with van der Waals surface area (Å²) in [5.41, 5.74) is 0.191. The van der Waals surface area contributed by atoms with Crippen molar-refractivity contribution in [1.82, 2.24) is 10.6 Å². The zero-order chi connectivity index (χ0) is 13.6. The van der Waals surface area contributed by atoms with Gasteiger partial charge in [-0.15, -0.1) is 0 Å². The Morgan fingerprint density at radius 1 is 1.22 bits per heavy atom. The fourth-order valence-electron chi connectivity index (χ4n) is 1.51. The molecule has 1 aromatic rings. The standard InChI is InChI=1S/C12H18N2O3S/c1-3-13-8-9-14-12(15)10-6-4-5-7-11(10)18(2,16)17/h4-7,13H,3,8-9H2,1-2H3,(H,14,15). The maximum absolute atomic E-state index is 11.9. The molecule has 0 fully saturated rings. The van der Waals surface area contributed by atoms with E-state index in [0.717, 1.165) is 12.8 Å². The van der Waals surface area contributed by atoms with Crippen molar-refractivity contribution in [3.8, 4) is 0 Å². The summed E-state index contributed by atoms with van der Waals surface area (Å²) in [6.07, 6.45) is 1.09. The highest BCUT2D eigenvalue weighted by Crippen LogP contribution is 2.14. The molecule has 0 aromatic heterocycles. The average Bonchev–Trinajstić information content (AvgIpc) is 2.33. The minimum Gasteiger partial charge on any atom is -0.351 e. The molecule has 0 aliphatic rings. The molecule has 2 N–H and O–H groups in total. The summed E-state index contributed by atoms with van der Waals surface area (Å²) in [7, 11) is -3.39. The van der Waals surface area contributed by atoms with Gasteiger partial charge >= 0.3 is 0 Å². The molecule has 0 atom stereocenters. The second-order valence-electron chi connectivity index (χ2n) is 3.88. The summed E-state index contributed by atoms with van der Waals surface area (Å²) < 4.78 is 23.1. The largest absolute Gasteiger partial charge is 0.351 e. The van der Waals surface area contributed by atoms with Crippen molar-refractivity contribution in [2.24, 2.45) is 0 Å². The molecule has 0 bridgehead atoms. The highest BCUT2D eigenvalue weighted by Gasteiger charge is 2.17. The number of benzene rings is 1. The molecule has 0 saturated carbocycles. The number of hydrogen-bond acceptors (Lipinski definition) is 4. The number of rotatable bonds is 6. The van der Waals surface area contributed by atoms with Gasteiger partial charge in [0.2, 0.25) is 0 Å². The van der Waals surface area contributed by atoms with Gasteiger partial charge in [-0.2, -0.15) is 0 Å². The Labute approximate surface area is 108 Å². The highest BCUT2D eigenvalue weighted by molar-refractivity contribution is 7.90. The van der Waals surface area contributed by atoms with Crippen LogP contribution in [0.4, 0.5) is 0 Å². The lowest BCUT2D eigenvalue weighted by molar-refractivity contribution is 0.0950. The van der Waals surface area contributed by atoms with Crippen molar-refractivity contribution in [3.05, 3.63) is 29.8 Å². The molecule has 0 radical (unpaired) electrons. The Morgan fingerprint density at radius 2 is 1.89 bits per heavy atom. The molecule has 100 valence electrons. The first-order valence-corrected chi connectivity index (χ1v) is 7.64. The van der Waals surface area contributed by atoms with E-state index >= 15 is 0 Å². The molecule has 6 heteroatoms. The number of amides is 1. The zero-order valence-corrected chi connectivity index (χ0v) is 11.4. The van der Waals surface area contributed by atoms with E-state index in [1.807, 2.05) is 6.92 Å². The fourth-order valence-corrected chi connectivity index (χ4v) is 2.40. The smallest absolute Gasteiger partial charge is 0.252 e. The molecule has 0 spiro atoms. The Hall–Kier alpha value is -1.40. The van der Waals surface area contributed by atoms with Crippen LogP contribution in [0.5, 0.6) is 0 Å². The molecule has 0 unspecified atom stereocenters. The molecular weight excluding hydrogens is 252 g/mol. The third kappa shape index (κ3) is 4.12. The van der Waals surface area contributed by atoms with Crippen LogP contribution in [0.15, 0.2) is 29.2 Å². The van der Waals surface area contributed by atoms with Crippen molar-refractivity contribution in [2.45, 2.75) is 11.8 Å².